The van der Waals surface area contributed by atoms with E-state index in [9.17, 15) is 0 Å². The molecule has 0 unspecified atom stereocenters. The first-order valence-electron chi connectivity index (χ1n) is 6.36. The first kappa shape index (κ1) is 14.2. The molecule has 5 heteroatoms. The highest BCUT2D eigenvalue weighted by Crippen LogP contribution is 2.32. The van der Waals surface area contributed by atoms with Crippen molar-refractivity contribution >= 4 is 27.5 Å². The molecule has 2 heterocycles. The van der Waals surface area contributed by atoms with E-state index in [0.29, 0.717) is 21.1 Å². The summed E-state index contributed by atoms with van der Waals surface area (Å²) in [6, 6.07) is 13.7. The van der Waals surface area contributed by atoms with Crippen LogP contribution in [0.3, 0.4) is 0 Å². The van der Waals surface area contributed by atoms with E-state index in [1.165, 1.54) is 0 Å². The molecule has 0 saturated heterocycles. The molecular weight excluding hydrogens is 350 g/mol. The van der Waals surface area contributed by atoms with Crippen molar-refractivity contribution in [1.82, 2.24) is 15.0 Å². The minimum atomic E-state index is 0.376. The first-order valence-corrected chi connectivity index (χ1v) is 7.54. The van der Waals surface area contributed by atoms with Gasteiger partial charge in [0.25, 0.3) is 0 Å². The van der Waals surface area contributed by atoms with E-state index in [1.807, 2.05) is 49.4 Å². The van der Waals surface area contributed by atoms with Crippen LogP contribution >= 0.6 is 27.5 Å². The Kier molecular flexibility index (Phi) is 3.99. The minimum Gasteiger partial charge on any atom is -0.253 e. The van der Waals surface area contributed by atoms with E-state index in [2.05, 4.69) is 30.9 Å². The predicted octanol–water partition coefficient (Wildman–Crippen LogP) is 4.93. The average molecular weight is 361 g/mol. The SMILES string of the molecule is Cc1ccc(-c2nc(Cl)c(Br)c(-c3ccccc3)n2)nc1. The number of nitrogens with zero attached hydrogens (tertiary/aromatic N) is 3. The Labute approximate surface area is 136 Å². The van der Waals surface area contributed by atoms with Crippen molar-refractivity contribution < 1.29 is 0 Å². The smallest absolute Gasteiger partial charge is 0.180 e. The maximum Gasteiger partial charge on any atom is 0.180 e. The highest BCUT2D eigenvalue weighted by Gasteiger charge is 2.14. The van der Waals surface area contributed by atoms with Gasteiger partial charge in [-0.1, -0.05) is 48.0 Å². The monoisotopic (exact) mass is 359 g/mol. The molecule has 0 spiro atoms. The highest BCUT2D eigenvalue weighted by molar-refractivity contribution is 9.10. The zero-order valence-corrected chi connectivity index (χ0v) is 13.6. The quantitative estimate of drug-likeness (QED) is 0.608. The second kappa shape index (κ2) is 5.92. The highest BCUT2D eigenvalue weighted by atomic mass is 79.9. The standard InChI is InChI=1S/C16H11BrClN3/c1-10-7-8-12(19-9-10)16-20-14(13(17)15(18)21-16)11-5-3-2-4-6-11/h2-9H,1H3. The van der Waals surface area contributed by atoms with Gasteiger partial charge in [-0.05, 0) is 34.5 Å². The fraction of sp³-hybridized carbons (Fsp3) is 0.0625. The van der Waals surface area contributed by atoms with Gasteiger partial charge in [-0.2, -0.15) is 0 Å². The normalized spacial score (nSPS) is 10.6. The van der Waals surface area contributed by atoms with Gasteiger partial charge < -0.3 is 0 Å². The lowest BCUT2D eigenvalue weighted by atomic mass is 10.1. The molecule has 0 aliphatic rings. The van der Waals surface area contributed by atoms with Crippen molar-refractivity contribution in [1.29, 1.82) is 0 Å². The minimum absolute atomic E-state index is 0.376. The van der Waals surface area contributed by atoms with Crippen molar-refractivity contribution in [2.45, 2.75) is 6.92 Å². The summed E-state index contributed by atoms with van der Waals surface area (Å²) in [5.41, 5.74) is 3.52. The van der Waals surface area contributed by atoms with Crippen molar-refractivity contribution in [2.75, 3.05) is 0 Å². The number of hydrogen-bond acceptors (Lipinski definition) is 3. The van der Waals surface area contributed by atoms with Gasteiger partial charge in [0, 0.05) is 11.8 Å². The molecule has 2 aromatic heterocycles. The van der Waals surface area contributed by atoms with Crippen molar-refractivity contribution in [3.63, 3.8) is 0 Å². The number of hydrogen-bond donors (Lipinski definition) is 0. The van der Waals surface area contributed by atoms with Gasteiger partial charge in [0.05, 0.1) is 10.2 Å². The van der Waals surface area contributed by atoms with Crippen LogP contribution in [0.4, 0.5) is 0 Å². The summed E-state index contributed by atoms with van der Waals surface area (Å²) in [6.45, 7) is 1.99. The molecule has 0 aliphatic carbocycles. The summed E-state index contributed by atoms with van der Waals surface area (Å²) in [7, 11) is 0. The van der Waals surface area contributed by atoms with Crippen LogP contribution in [0.5, 0.6) is 0 Å². The second-order valence-corrected chi connectivity index (χ2v) is 5.74. The molecule has 3 aromatic rings. The topological polar surface area (TPSA) is 38.7 Å². The number of aryl methyl sites for hydroxylation is 1. The van der Waals surface area contributed by atoms with Gasteiger partial charge >= 0.3 is 0 Å². The van der Waals surface area contributed by atoms with Crippen LogP contribution in [0.2, 0.25) is 5.15 Å². The van der Waals surface area contributed by atoms with Crippen LogP contribution in [0, 0.1) is 6.92 Å². The molecule has 104 valence electrons. The van der Waals surface area contributed by atoms with Crippen molar-refractivity contribution in [3.8, 4) is 22.8 Å². The Morgan fingerprint density at radius 3 is 2.43 bits per heavy atom. The predicted molar refractivity (Wildman–Crippen MR) is 88.1 cm³/mol. The van der Waals surface area contributed by atoms with E-state index < -0.39 is 0 Å². The molecule has 21 heavy (non-hydrogen) atoms. The Morgan fingerprint density at radius 2 is 1.76 bits per heavy atom. The molecular formula is C16H11BrClN3. The average Bonchev–Trinajstić information content (AvgIpc) is 2.51. The third-order valence-corrected chi connectivity index (χ3v) is 4.25. The maximum atomic E-state index is 6.22. The molecule has 0 radical (unpaired) electrons. The molecule has 0 fully saturated rings. The molecule has 0 aliphatic heterocycles. The third-order valence-electron chi connectivity index (χ3n) is 3.00. The van der Waals surface area contributed by atoms with Crippen LogP contribution in [0.25, 0.3) is 22.8 Å². The van der Waals surface area contributed by atoms with E-state index in [-0.39, 0.29) is 0 Å². The van der Waals surface area contributed by atoms with Gasteiger partial charge in [0.1, 0.15) is 10.8 Å². The summed E-state index contributed by atoms with van der Waals surface area (Å²) in [5, 5.41) is 0.376. The fourth-order valence-corrected chi connectivity index (χ4v) is 2.50. The zero-order valence-electron chi connectivity index (χ0n) is 11.2. The summed E-state index contributed by atoms with van der Waals surface area (Å²) in [6.07, 6.45) is 1.79. The van der Waals surface area contributed by atoms with Crippen molar-refractivity contribution in [2.24, 2.45) is 0 Å². The Bertz CT molecular complexity index is 774. The zero-order chi connectivity index (χ0) is 14.8. The number of halogens is 2. The van der Waals surface area contributed by atoms with E-state index >= 15 is 0 Å². The molecule has 0 N–H and O–H groups in total. The Hall–Kier alpha value is -1.78. The molecule has 0 atom stereocenters. The number of aromatic nitrogens is 3. The molecule has 3 rings (SSSR count). The van der Waals surface area contributed by atoms with Crippen LogP contribution in [0.15, 0.2) is 53.1 Å². The lowest BCUT2D eigenvalue weighted by molar-refractivity contribution is 1.13. The number of benzene rings is 1. The molecule has 0 saturated carbocycles. The van der Waals surface area contributed by atoms with Gasteiger partial charge in [0.2, 0.25) is 0 Å². The molecule has 1 aromatic carbocycles. The Morgan fingerprint density at radius 1 is 1.00 bits per heavy atom. The molecule has 0 amide bonds. The van der Waals surface area contributed by atoms with Crippen LogP contribution in [0.1, 0.15) is 5.56 Å². The van der Waals surface area contributed by atoms with E-state index in [4.69, 9.17) is 11.6 Å². The van der Waals surface area contributed by atoms with Gasteiger partial charge in [-0.15, -0.1) is 0 Å². The fourth-order valence-electron chi connectivity index (χ4n) is 1.92. The summed E-state index contributed by atoms with van der Waals surface area (Å²) in [4.78, 5) is 13.3. The van der Waals surface area contributed by atoms with Gasteiger partial charge in [-0.3, -0.25) is 4.98 Å². The Balaban J connectivity index is 2.16. The number of pyridine rings is 1. The van der Waals surface area contributed by atoms with Gasteiger partial charge in [0.15, 0.2) is 5.82 Å². The summed E-state index contributed by atoms with van der Waals surface area (Å²) in [5.74, 6) is 0.516. The largest absolute Gasteiger partial charge is 0.253 e. The van der Waals surface area contributed by atoms with Gasteiger partial charge in [-0.25, -0.2) is 9.97 Å². The lowest BCUT2D eigenvalue weighted by Gasteiger charge is -2.08. The van der Waals surface area contributed by atoms with Crippen LogP contribution in [-0.2, 0) is 0 Å². The van der Waals surface area contributed by atoms with E-state index in [1.54, 1.807) is 6.20 Å². The van der Waals surface area contributed by atoms with Crippen LogP contribution in [-0.4, -0.2) is 15.0 Å². The first-order chi connectivity index (χ1) is 10.1. The summed E-state index contributed by atoms with van der Waals surface area (Å²) >= 11 is 9.68. The maximum absolute atomic E-state index is 6.22. The number of rotatable bonds is 2. The lowest BCUT2D eigenvalue weighted by Crippen LogP contribution is -1.97. The third kappa shape index (κ3) is 2.96. The molecule has 3 nitrogen and oxygen atoms in total. The van der Waals surface area contributed by atoms with E-state index in [0.717, 1.165) is 16.8 Å². The second-order valence-electron chi connectivity index (χ2n) is 4.59. The summed E-state index contributed by atoms with van der Waals surface area (Å²) < 4.78 is 0.686. The van der Waals surface area contributed by atoms with Crippen LogP contribution < -0.4 is 0 Å². The molecule has 0 bridgehead atoms. The van der Waals surface area contributed by atoms with Crippen molar-refractivity contribution in [3.05, 3.63) is 63.9 Å².